The van der Waals surface area contributed by atoms with E-state index >= 15 is 0 Å². The summed E-state index contributed by atoms with van der Waals surface area (Å²) in [7, 11) is -13.2. The summed E-state index contributed by atoms with van der Waals surface area (Å²) in [6.07, 6.45) is 0. The van der Waals surface area contributed by atoms with E-state index in [1.807, 2.05) is 0 Å². The highest BCUT2D eigenvalue weighted by Gasteiger charge is 2.19. The van der Waals surface area contributed by atoms with E-state index < -0.39 is 47.6 Å². The van der Waals surface area contributed by atoms with Crippen molar-refractivity contribution in [1.82, 2.24) is 0 Å². The summed E-state index contributed by atoms with van der Waals surface area (Å²) < 4.78 is 91.0. The van der Waals surface area contributed by atoms with E-state index in [1.165, 1.54) is 30.3 Å². The highest BCUT2D eigenvalue weighted by atomic mass is 32.3. The Morgan fingerprint density at radius 3 is 2.03 bits per heavy atom. The highest BCUT2D eigenvalue weighted by Crippen LogP contribution is 2.36. The van der Waals surface area contributed by atoms with Gasteiger partial charge in [0.2, 0.25) is 0 Å². The number of hydrogen-bond acceptors (Lipinski definition) is 10. The highest BCUT2D eigenvalue weighted by molar-refractivity contribution is 7.91. The average molecular weight is 516 g/mol. The van der Waals surface area contributed by atoms with Gasteiger partial charge in [0.25, 0.3) is 10.1 Å². The molecule has 0 aliphatic rings. The summed E-state index contributed by atoms with van der Waals surface area (Å²) in [6, 6.07) is 12.3. The van der Waals surface area contributed by atoms with Gasteiger partial charge in [-0.1, -0.05) is 24.3 Å². The Morgan fingerprint density at radius 2 is 1.45 bits per heavy atom. The number of benzene rings is 3. The Balaban J connectivity index is 1.88. The van der Waals surface area contributed by atoms with Gasteiger partial charge in [-0.2, -0.15) is 21.9 Å². The molecular weight excluding hydrogens is 498 g/mol. The summed E-state index contributed by atoms with van der Waals surface area (Å²) in [5.74, 6) is -0.695. The molecule has 0 spiro atoms. The molecule has 0 aliphatic heterocycles. The van der Waals surface area contributed by atoms with Gasteiger partial charge in [-0.15, -0.1) is 5.11 Å². The lowest BCUT2D eigenvalue weighted by Crippen LogP contribution is -2.15. The molecular formula is C18H17N3O9S3. The van der Waals surface area contributed by atoms with Crippen molar-refractivity contribution in [2.24, 2.45) is 10.2 Å². The predicted molar refractivity (Wildman–Crippen MR) is 118 cm³/mol. The minimum absolute atomic E-state index is 0.0274. The third-order valence-electron chi connectivity index (χ3n) is 4.36. The summed E-state index contributed by atoms with van der Waals surface area (Å²) >= 11 is 0. The molecule has 0 amide bonds. The molecule has 3 aromatic carbocycles. The molecule has 0 bridgehead atoms. The molecule has 15 heteroatoms. The van der Waals surface area contributed by atoms with Crippen LogP contribution in [0, 0.1) is 0 Å². The summed E-state index contributed by atoms with van der Waals surface area (Å²) in [5.41, 5.74) is 6.37. The molecule has 0 radical (unpaired) electrons. The zero-order valence-electron chi connectivity index (χ0n) is 16.6. The van der Waals surface area contributed by atoms with Gasteiger partial charge in [0.15, 0.2) is 9.84 Å². The first-order chi connectivity index (χ1) is 15.3. The van der Waals surface area contributed by atoms with Crippen LogP contribution in [-0.4, -0.2) is 46.7 Å². The van der Waals surface area contributed by atoms with Gasteiger partial charge >= 0.3 is 10.4 Å². The maximum Gasteiger partial charge on any atom is 0.397 e. The largest absolute Gasteiger partial charge is 0.397 e. The second-order valence-electron chi connectivity index (χ2n) is 6.59. The zero-order valence-corrected chi connectivity index (χ0v) is 19.0. The third-order valence-corrected chi connectivity index (χ3v) is 7.41. The maximum atomic E-state index is 12.2. The number of rotatable bonds is 8. The summed E-state index contributed by atoms with van der Waals surface area (Å²) in [6.45, 7) is -0.764. The van der Waals surface area contributed by atoms with E-state index in [0.29, 0.717) is 5.39 Å². The van der Waals surface area contributed by atoms with Crippen LogP contribution in [0.5, 0.6) is 0 Å². The fraction of sp³-hybridized carbons (Fsp3) is 0.111. The van der Waals surface area contributed by atoms with Gasteiger partial charge in [0.05, 0.1) is 28.6 Å². The van der Waals surface area contributed by atoms with Gasteiger partial charge < -0.3 is 5.73 Å². The normalized spacial score (nSPS) is 13.0. The monoisotopic (exact) mass is 515 g/mol. The fourth-order valence-corrected chi connectivity index (χ4v) is 5.05. The van der Waals surface area contributed by atoms with E-state index in [4.69, 9.17) is 10.3 Å². The first-order valence-corrected chi connectivity index (χ1v) is 13.4. The molecule has 0 unspecified atom stereocenters. The minimum atomic E-state index is -4.75. The number of azo groups is 1. The molecule has 3 aromatic rings. The lowest BCUT2D eigenvalue weighted by atomic mass is 10.1. The topological polar surface area (TPSA) is 203 Å². The number of fused-ring (bicyclic) bond motifs is 1. The SMILES string of the molecule is Nc1c(/N=N/c2ccc(S(=O)(=O)CCOS(=O)(=O)O)cc2)cc(S(=O)(=O)O)c2ccccc12. The standard InChI is InChI=1S/C18H17N3O9S3/c19-18-15-4-2-1-3-14(15)17(32(24,25)26)11-16(18)21-20-12-5-7-13(8-6-12)31(22,23)10-9-30-33(27,28)29/h1-8,11H,9-10,19H2,(H,24,25,26)(H,27,28,29)/b21-20+. The average Bonchev–Trinajstić information content (AvgIpc) is 2.72. The molecule has 0 heterocycles. The molecule has 0 saturated carbocycles. The van der Waals surface area contributed by atoms with Crippen LogP contribution in [-0.2, 0) is 34.5 Å². The smallest absolute Gasteiger partial charge is 0.396 e. The number of nitrogens with zero attached hydrogens (tertiary/aromatic N) is 2. The minimum Gasteiger partial charge on any atom is -0.396 e. The second-order valence-corrected chi connectivity index (χ2v) is 11.2. The van der Waals surface area contributed by atoms with Crippen LogP contribution >= 0.6 is 0 Å². The molecule has 33 heavy (non-hydrogen) atoms. The zero-order chi connectivity index (χ0) is 24.4. The molecule has 0 fully saturated rings. The molecule has 3 rings (SSSR count). The molecule has 0 saturated heterocycles. The van der Waals surface area contributed by atoms with Crippen molar-refractivity contribution < 1.29 is 38.5 Å². The van der Waals surface area contributed by atoms with Crippen molar-refractivity contribution in [2.75, 3.05) is 18.1 Å². The molecule has 176 valence electrons. The van der Waals surface area contributed by atoms with Crippen molar-refractivity contribution in [3.63, 3.8) is 0 Å². The van der Waals surface area contributed by atoms with Crippen LogP contribution in [0.2, 0.25) is 0 Å². The van der Waals surface area contributed by atoms with Gasteiger partial charge in [0, 0.05) is 10.8 Å². The summed E-state index contributed by atoms with van der Waals surface area (Å²) in [5, 5.41) is 8.41. The first kappa shape index (κ1) is 24.7. The van der Waals surface area contributed by atoms with Crippen molar-refractivity contribution >= 4 is 58.2 Å². The van der Waals surface area contributed by atoms with Gasteiger partial charge in [-0.3, -0.25) is 9.11 Å². The van der Waals surface area contributed by atoms with Crippen molar-refractivity contribution in [1.29, 1.82) is 0 Å². The van der Waals surface area contributed by atoms with Gasteiger partial charge in [-0.25, -0.2) is 12.6 Å². The van der Waals surface area contributed by atoms with E-state index in [-0.39, 0.29) is 27.3 Å². The van der Waals surface area contributed by atoms with Crippen molar-refractivity contribution in [3.05, 3.63) is 54.6 Å². The van der Waals surface area contributed by atoms with Crippen LogP contribution in [0.4, 0.5) is 17.1 Å². The van der Waals surface area contributed by atoms with Crippen LogP contribution in [0.1, 0.15) is 0 Å². The van der Waals surface area contributed by atoms with Crippen molar-refractivity contribution in [2.45, 2.75) is 9.79 Å². The Hall–Kier alpha value is -2.95. The third kappa shape index (κ3) is 6.10. The number of nitrogens with two attached hydrogens (primary N) is 1. The van der Waals surface area contributed by atoms with E-state index in [0.717, 1.165) is 6.07 Å². The fourth-order valence-electron chi connectivity index (χ4n) is 2.85. The second kappa shape index (κ2) is 9.12. The van der Waals surface area contributed by atoms with Crippen molar-refractivity contribution in [3.8, 4) is 0 Å². The lowest BCUT2D eigenvalue weighted by molar-refractivity contribution is 0.284. The number of sulfone groups is 1. The molecule has 0 aromatic heterocycles. The Kier molecular flexibility index (Phi) is 6.83. The molecule has 12 nitrogen and oxygen atoms in total. The first-order valence-electron chi connectivity index (χ1n) is 8.93. The Morgan fingerprint density at radius 1 is 0.848 bits per heavy atom. The maximum absolute atomic E-state index is 12.2. The Bertz CT molecular complexity index is 1550. The Labute approximate surface area is 189 Å². The number of hydrogen-bond donors (Lipinski definition) is 3. The van der Waals surface area contributed by atoms with Crippen LogP contribution in [0.15, 0.2) is 74.6 Å². The lowest BCUT2D eigenvalue weighted by Gasteiger charge is -2.09. The van der Waals surface area contributed by atoms with Gasteiger partial charge in [0.1, 0.15) is 10.6 Å². The summed E-state index contributed by atoms with van der Waals surface area (Å²) in [4.78, 5) is -0.547. The van der Waals surface area contributed by atoms with E-state index in [2.05, 4.69) is 14.4 Å². The molecule has 4 N–H and O–H groups in total. The van der Waals surface area contributed by atoms with Crippen LogP contribution < -0.4 is 5.73 Å². The van der Waals surface area contributed by atoms with Crippen LogP contribution in [0.3, 0.4) is 0 Å². The van der Waals surface area contributed by atoms with E-state index in [9.17, 15) is 29.8 Å². The number of anilines is 1. The quantitative estimate of drug-likeness (QED) is 0.227. The molecule has 0 atom stereocenters. The number of nitrogen functional groups attached to an aromatic ring is 1. The van der Waals surface area contributed by atoms with Gasteiger partial charge in [-0.05, 0) is 30.3 Å². The van der Waals surface area contributed by atoms with E-state index in [1.54, 1.807) is 18.2 Å². The van der Waals surface area contributed by atoms with Crippen LogP contribution in [0.25, 0.3) is 10.8 Å². The molecule has 0 aliphatic carbocycles. The predicted octanol–water partition coefficient (Wildman–Crippen LogP) is 2.68.